The van der Waals surface area contributed by atoms with Gasteiger partial charge < -0.3 is 14.4 Å². The fourth-order valence-corrected chi connectivity index (χ4v) is 2.59. The van der Waals surface area contributed by atoms with E-state index in [0.29, 0.717) is 12.1 Å². The molecule has 2 rings (SSSR count). The number of esters is 1. The van der Waals surface area contributed by atoms with Gasteiger partial charge in [0.05, 0.1) is 12.7 Å². The predicted molar refractivity (Wildman–Crippen MR) is 95.7 cm³/mol. The Bertz CT molecular complexity index is 750. The molecule has 2 aromatic rings. The van der Waals surface area contributed by atoms with Crippen LogP contribution in [-0.4, -0.2) is 37.5 Å². The number of carbonyl (C=O) groups is 2. The lowest BCUT2D eigenvalue weighted by Crippen LogP contribution is -2.31. The maximum absolute atomic E-state index is 12.2. The topological polar surface area (TPSA) is 55.8 Å². The highest BCUT2D eigenvalue weighted by Crippen LogP contribution is 2.18. The Labute approximate surface area is 148 Å². The van der Waals surface area contributed by atoms with Crippen molar-refractivity contribution < 1.29 is 19.1 Å². The fourth-order valence-electron chi connectivity index (χ4n) is 2.59. The second-order valence-corrected chi connectivity index (χ2v) is 6.01. The van der Waals surface area contributed by atoms with Crippen LogP contribution in [0, 0.1) is 13.8 Å². The Morgan fingerprint density at radius 3 is 2.32 bits per heavy atom. The molecule has 0 N–H and O–H groups in total. The Morgan fingerprint density at radius 2 is 1.68 bits per heavy atom. The van der Waals surface area contributed by atoms with Crippen molar-refractivity contribution >= 4 is 11.9 Å². The molecule has 0 radical (unpaired) electrons. The highest BCUT2D eigenvalue weighted by atomic mass is 16.5. The van der Waals surface area contributed by atoms with Gasteiger partial charge in [0.1, 0.15) is 5.75 Å². The first kappa shape index (κ1) is 18.5. The third-order valence-corrected chi connectivity index (χ3v) is 3.81. The molecule has 0 spiro atoms. The van der Waals surface area contributed by atoms with Gasteiger partial charge in [-0.15, -0.1) is 0 Å². The molecule has 2 aromatic carbocycles. The number of hydrogen-bond acceptors (Lipinski definition) is 4. The average molecular weight is 341 g/mol. The summed E-state index contributed by atoms with van der Waals surface area (Å²) in [6.07, 6.45) is 0. The van der Waals surface area contributed by atoms with Gasteiger partial charge in [0, 0.05) is 19.2 Å². The molecule has 132 valence electrons. The molecule has 0 fully saturated rings. The molecule has 25 heavy (non-hydrogen) atoms. The van der Waals surface area contributed by atoms with Crippen molar-refractivity contribution in [1.82, 2.24) is 4.90 Å². The minimum atomic E-state index is -0.495. The normalized spacial score (nSPS) is 10.2. The van der Waals surface area contributed by atoms with E-state index in [2.05, 4.69) is 0 Å². The summed E-state index contributed by atoms with van der Waals surface area (Å²) < 4.78 is 10.4. The van der Waals surface area contributed by atoms with E-state index in [1.165, 1.54) is 4.90 Å². The molecule has 0 atom stereocenters. The molecule has 1 amide bonds. The van der Waals surface area contributed by atoms with Gasteiger partial charge in [0.25, 0.3) is 5.91 Å². The zero-order chi connectivity index (χ0) is 18.4. The highest BCUT2D eigenvalue weighted by molar-refractivity contribution is 5.91. The standard InChI is InChI=1S/C20H23NO4/c1-14-9-15(2)11-17(10-14)20(23)25-13-19(22)21(3)12-16-7-5-6-8-18(16)24-4/h5-11H,12-13H2,1-4H3. The van der Waals surface area contributed by atoms with Crippen molar-refractivity contribution in [2.75, 3.05) is 20.8 Å². The minimum absolute atomic E-state index is 0.274. The SMILES string of the molecule is COc1ccccc1CN(C)C(=O)COC(=O)c1cc(C)cc(C)c1. The maximum Gasteiger partial charge on any atom is 0.338 e. The Kier molecular flexibility index (Phi) is 6.17. The summed E-state index contributed by atoms with van der Waals surface area (Å²) in [5.74, 6) is -0.0520. The van der Waals surface area contributed by atoms with Gasteiger partial charge in [0.2, 0.25) is 0 Å². The summed E-state index contributed by atoms with van der Waals surface area (Å²) in [6, 6.07) is 13.0. The average Bonchev–Trinajstić information content (AvgIpc) is 2.58. The molecule has 0 saturated heterocycles. The number of rotatable bonds is 6. The lowest BCUT2D eigenvalue weighted by Gasteiger charge is -2.18. The van der Waals surface area contributed by atoms with Crippen LogP contribution in [0.15, 0.2) is 42.5 Å². The van der Waals surface area contributed by atoms with Gasteiger partial charge in [0.15, 0.2) is 6.61 Å². The lowest BCUT2D eigenvalue weighted by atomic mass is 10.1. The largest absolute Gasteiger partial charge is 0.496 e. The molecule has 0 saturated carbocycles. The van der Waals surface area contributed by atoms with Crippen molar-refractivity contribution in [3.05, 3.63) is 64.7 Å². The molecule has 0 aromatic heterocycles. The molecule has 5 nitrogen and oxygen atoms in total. The molecular weight excluding hydrogens is 318 g/mol. The summed E-state index contributed by atoms with van der Waals surface area (Å²) in [6.45, 7) is 3.91. The number of carbonyl (C=O) groups excluding carboxylic acids is 2. The third kappa shape index (κ3) is 5.08. The highest BCUT2D eigenvalue weighted by Gasteiger charge is 2.15. The zero-order valence-corrected chi connectivity index (χ0v) is 15.0. The monoisotopic (exact) mass is 341 g/mol. The molecule has 0 aliphatic rings. The van der Waals surface area contributed by atoms with Crippen molar-refractivity contribution in [2.24, 2.45) is 0 Å². The number of amides is 1. The molecule has 5 heteroatoms. The number of hydrogen-bond donors (Lipinski definition) is 0. The first-order valence-electron chi connectivity index (χ1n) is 8.02. The second-order valence-electron chi connectivity index (χ2n) is 6.01. The van der Waals surface area contributed by atoms with Gasteiger partial charge in [-0.2, -0.15) is 0 Å². The Hall–Kier alpha value is -2.82. The molecule has 0 bridgehead atoms. The maximum atomic E-state index is 12.2. The number of aryl methyl sites for hydroxylation is 2. The van der Waals surface area contributed by atoms with E-state index in [-0.39, 0.29) is 12.5 Å². The van der Waals surface area contributed by atoms with Crippen LogP contribution in [0.2, 0.25) is 0 Å². The summed E-state index contributed by atoms with van der Waals surface area (Å²) in [4.78, 5) is 25.9. The first-order chi connectivity index (χ1) is 11.9. The number of methoxy groups -OCH3 is 1. The van der Waals surface area contributed by atoms with E-state index in [1.807, 2.05) is 44.2 Å². The number of para-hydroxylation sites is 1. The van der Waals surface area contributed by atoms with E-state index in [1.54, 1.807) is 26.3 Å². The van der Waals surface area contributed by atoms with Crippen LogP contribution < -0.4 is 4.74 Å². The third-order valence-electron chi connectivity index (χ3n) is 3.81. The van der Waals surface area contributed by atoms with Gasteiger partial charge in [-0.1, -0.05) is 35.4 Å². The van der Waals surface area contributed by atoms with Gasteiger partial charge >= 0.3 is 5.97 Å². The summed E-state index contributed by atoms with van der Waals surface area (Å²) in [5.41, 5.74) is 3.30. The molecular formula is C20H23NO4. The Morgan fingerprint density at radius 1 is 1.04 bits per heavy atom. The van der Waals surface area contributed by atoms with Gasteiger partial charge in [-0.05, 0) is 32.0 Å². The summed E-state index contributed by atoms with van der Waals surface area (Å²) in [5, 5.41) is 0. The molecule has 0 unspecified atom stereocenters. The quantitative estimate of drug-likeness (QED) is 0.758. The first-order valence-corrected chi connectivity index (χ1v) is 8.02. The molecule has 0 aliphatic heterocycles. The number of nitrogens with zero attached hydrogens (tertiary/aromatic N) is 1. The van der Waals surface area contributed by atoms with Crippen LogP contribution in [0.25, 0.3) is 0 Å². The van der Waals surface area contributed by atoms with E-state index < -0.39 is 5.97 Å². The van der Waals surface area contributed by atoms with Crippen molar-refractivity contribution in [2.45, 2.75) is 20.4 Å². The van der Waals surface area contributed by atoms with E-state index in [4.69, 9.17) is 9.47 Å². The lowest BCUT2D eigenvalue weighted by molar-refractivity contribution is -0.133. The fraction of sp³-hybridized carbons (Fsp3) is 0.300. The van der Waals surface area contributed by atoms with Crippen LogP contribution in [0.5, 0.6) is 5.75 Å². The number of ether oxygens (including phenoxy) is 2. The number of likely N-dealkylation sites (N-methyl/N-ethyl adjacent to an activating group) is 1. The van der Waals surface area contributed by atoms with Gasteiger partial charge in [-0.3, -0.25) is 4.79 Å². The van der Waals surface area contributed by atoms with E-state index in [0.717, 1.165) is 22.4 Å². The van der Waals surface area contributed by atoms with Crippen molar-refractivity contribution in [3.63, 3.8) is 0 Å². The zero-order valence-electron chi connectivity index (χ0n) is 15.0. The van der Waals surface area contributed by atoms with Crippen molar-refractivity contribution in [3.8, 4) is 5.75 Å². The molecule has 0 heterocycles. The summed E-state index contributed by atoms with van der Waals surface area (Å²) >= 11 is 0. The smallest absolute Gasteiger partial charge is 0.338 e. The summed E-state index contributed by atoms with van der Waals surface area (Å²) in [7, 11) is 3.26. The van der Waals surface area contributed by atoms with Crippen LogP contribution >= 0.6 is 0 Å². The predicted octanol–water partition coefficient (Wildman–Crippen LogP) is 3.13. The second kappa shape index (κ2) is 8.33. The van der Waals surface area contributed by atoms with Crippen LogP contribution in [-0.2, 0) is 16.1 Å². The van der Waals surface area contributed by atoms with Gasteiger partial charge in [-0.25, -0.2) is 4.79 Å². The van der Waals surface area contributed by atoms with E-state index in [9.17, 15) is 9.59 Å². The van der Waals surface area contributed by atoms with Crippen LogP contribution in [0.3, 0.4) is 0 Å². The van der Waals surface area contributed by atoms with Crippen molar-refractivity contribution in [1.29, 1.82) is 0 Å². The number of benzene rings is 2. The molecule has 0 aliphatic carbocycles. The van der Waals surface area contributed by atoms with Crippen LogP contribution in [0.4, 0.5) is 0 Å². The van der Waals surface area contributed by atoms with Crippen LogP contribution in [0.1, 0.15) is 27.0 Å². The minimum Gasteiger partial charge on any atom is -0.496 e. The van der Waals surface area contributed by atoms with E-state index >= 15 is 0 Å². The Balaban J connectivity index is 1.94.